The number of carbonyl (C=O) groups is 5. The molecule has 0 saturated heterocycles. The van der Waals surface area contributed by atoms with E-state index in [0.717, 1.165) is 0 Å². The molecule has 0 saturated carbocycles. The Morgan fingerprint density at radius 1 is 0.946 bits per heavy atom. The highest BCUT2D eigenvalue weighted by atomic mass is 16.4. The van der Waals surface area contributed by atoms with E-state index in [1.54, 1.807) is 0 Å². The Morgan fingerprint density at radius 3 is 2.05 bits per heavy atom. The van der Waals surface area contributed by atoms with Crippen molar-refractivity contribution in [1.82, 2.24) is 25.9 Å². The predicted molar refractivity (Wildman–Crippen MR) is 133 cm³/mol. The lowest BCUT2D eigenvalue weighted by Crippen LogP contribution is -2.57. The van der Waals surface area contributed by atoms with Gasteiger partial charge in [0.25, 0.3) is 0 Å². The maximum absolute atomic E-state index is 13.1. The summed E-state index contributed by atoms with van der Waals surface area (Å²) in [5.41, 5.74) is 12.1. The van der Waals surface area contributed by atoms with Crippen LogP contribution in [0.25, 0.3) is 0 Å². The van der Waals surface area contributed by atoms with Crippen LogP contribution in [0, 0.1) is 5.92 Å². The second-order valence-corrected chi connectivity index (χ2v) is 9.26. The molecule has 1 rings (SSSR count). The van der Waals surface area contributed by atoms with Crippen LogP contribution in [0.5, 0.6) is 0 Å². The summed E-state index contributed by atoms with van der Waals surface area (Å²) in [5, 5.41) is 26.0. The van der Waals surface area contributed by atoms with Crippen molar-refractivity contribution >= 4 is 29.7 Å². The third-order valence-corrected chi connectivity index (χ3v) is 5.51. The first-order chi connectivity index (χ1) is 17.4. The number of amides is 3. The number of imidazole rings is 1. The number of nitrogens with two attached hydrogens (primary N) is 2. The number of aliphatic carboxylic acids is 2. The highest BCUT2D eigenvalue weighted by Gasteiger charge is 2.30. The summed E-state index contributed by atoms with van der Waals surface area (Å²) in [6.07, 6.45) is 3.76. The number of rotatable bonds is 18. The molecule has 14 nitrogen and oxygen atoms in total. The molecular formula is C23H39N7O7. The van der Waals surface area contributed by atoms with Gasteiger partial charge in [-0.1, -0.05) is 13.8 Å². The monoisotopic (exact) mass is 525 g/mol. The van der Waals surface area contributed by atoms with Crippen molar-refractivity contribution in [3.05, 3.63) is 18.2 Å². The van der Waals surface area contributed by atoms with E-state index in [1.165, 1.54) is 12.5 Å². The van der Waals surface area contributed by atoms with Crippen LogP contribution >= 0.6 is 0 Å². The van der Waals surface area contributed by atoms with Crippen LogP contribution in [0.4, 0.5) is 0 Å². The molecule has 0 bridgehead atoms. The minimum Gasteiger partial charge on any atom is -0.481 e. The smallest absolute Gasteiger partial charge is 0.326 e. The first-order valence-electron chi connectivity index (χ1n) is 12.2. The maximum atomic E-state index is 13.1. The van der Waals surface area contributed by atoms with Gasteiger partial charge in [-0.05, 0) is 44.6 Å². The molecule has 3 amide bonds. The lowest BCUT2D eigenvalue weighted by atomic mass is 10.0. The van der Waals surface area contributed by atoms with Crippen molar-refractivity contribution in [3.63, 3.8) is 0 Å². The van der Waals surface area contributed by atoms with Gasteiger partial charge in [-0.3, -0.25) is 19.2 Å². The first kappa shape index (κ1) is 31.5. The van der Waals surface area contributed by atoms with Gasteiger partial charge >= 0.3 is 11.9 Å². The molecule has 0 aliphatic heterocycles. The van der Waals surface area contributed by atoms with Crippen LogP contribution in [0.1, 0.15) is 58.1 Å². The molecule has 1 heterocycles. The Hall–Kier alpha value is -3.52. The summed E-state index contributed by atoms with van der Waals surface area (Å²) in [6.45, 7) is 3.99. The number of nitrogens with zero attached hydrogens (tertiary/aromatic N) is 1. The van der Waals surface area contributed by atoms with Gasteiger partial charge in [0, 0.05) is 24.7 Å². The lowest BCUT2D eigenvalue weighted by molar-refractivity contribution is -0.142. The Balaban J connectivity index is 2.98. The van der Waals surface area contributed by atoms with E-state index < -0.39 is 60.2 Å². The van der Waals surface area contributed by atoms with Gasteiger partial charge in [0.1, 0.15) is 18.1 Å². The fourth-order valence-electron chi connectivity index (χ4n) is 3.54. The highest BCUT2D eigenvalue weighted by molar-refractivity contribution is 5.94. The number of carboxylic acid groups (broad SMARTS) is 2. The van der Waals surface area contributed by atoms with Crippen molar-refractivity contribution in [2.24, 2.45) is 17.4 Å². The van der Waals surface area contributed by atoms with Crippen LogP contribution in [0.2, 0.25) is 0 Å². The number of unbranched alkanes of at least 4 members (excludes halogenated alkanes) is 1. The second-order valence-electron chi connectivity index (χ2n) is 9.26. The van der Waals surface area contributed by atoms with Gasteiger partial charge in [-0.25, -0.2) is 9.78 Å². The fraction of sp³-hybridized carbons (Fsp3) is 0.652. The average Bonchev–Trinajstić information content (AvgIpc) is 3.32. The SMILES string of the molecule is CC(C)CC(NC(=O)C(CCCCN)NC(=O)C(CCC(=O)O)NC(=O)C(N)Cc1cnc[nH]1)C(=O)O. The van der Waals surface area contributed by atoms with Crippen LogP contribution in [-0.4, -0.2) is 80.6 Å². The molecular weight excluding hydrogens is 486 g/mol. The van der Waals surface area contributed by atoms with Gasteiger partial charge < -0.3 is 42.6 Å². The van der Waals surface area contributed by atoms with E-state index in [9.17, 15) is 29.1 Å². The lowest BCUT2D eigenvalue weighted by Gasteiger charge is -2.25. The van der Waals surface area contributed by atoms with Gasteiger partial charge in [-0.15, -0.1) is 0 Å². The third kappa shape index (κ3) is 12.3. The molecule has 208 valence electrons. The zero-order chi connectivity index (χ0) is 28.0. The summed E-state index contributed by atoms with van der Waals surface area (Å²) < 4.78 is 0. The van der Waals surface area contributed by atoms with Crippen LogP contribution in [0.3, 0.4) is 0 Å². The van der Waals surface area contributed by atoms with E-state index in [-0.39, 0.29) is 31.6 Å². The number of hydrogen-bond acceptors (Lipinski definition) is 8. The summed E-state index contributed by atoms with van der Waals surface area (Å²) in [6, 6.07) is -4.59. The molecule has 0 fully saturated rings. The van der Waals surface area contributed by atoms with E-state index >= 15 is 0 Å². The number of carbonyl (C=O) groups excluding carboxylic acids is 3. The van der Waals surface area contributed by atoms with Gasteiger partial charge in [0.15, 0.2) is 0 Å². The number of nitrogens with one attached hydrogen (secondary N) is 4. The second kappa shape index (κ2) is 16.3. The molecule has 10 N–H and O–H groups in total. The molecule has 0 aliphatic rings. The number of aromatic nitrogens is 2. The van der Waals surface area contributed by atoms with Crippen molar-refractivity contribution in [2.45, 2.75) is 83.0 Å². The molecule has 1 aromatic heterocycles. The Morgan fingerprint density at radius 2 is 1.54 bits per heavy atom. The third-order valence-electron chi connectivity index (χ3n) is 5.51. The van der Waals surface area contributed by atoms with E-state index in [1.807, 2.05) is 13.8 Å². The molecule has 0 spiro atoms. The first-order valence-corrected chi connectivity index (χ1v) is 12.2. The van der Waals surface area contributed by atoms with Crippen molar-refractivity contribution in [3.8, 4) is 0 Å². The summed E-state index contributed by atoms with van der Waals surface area (Å²) in [4.78, 5) is 68.0. The highest BCUT2D eigenvalue weighted by Crippen LogP contribution is 2.09. The molecule has 0 radical (unpaired) electrons. The largest absolute Gasteiger partial charge is 0.481 e. The number of H-pyrrole nitrogens is 1. The number of aromatic amines is 1. The van der Waals surface area contributed by atoms with E-state index in [4.69, 9.17) is 16.6 Å². The number of hydrogen-bond donors (Lipinski definition) is 8. The molecule has 14 heteroatoms. The fourth-order valence-corrected chi connectivity index (χ4v) is 3.54. The molecule has 0 aliphatic carbocycles. The van der Waals surface area contributed by atoms with Crippen LogP contribution in [-0.2, 0) is 30.4 Å². The van der Waals surface area contributed by atoms with Crippen LogP contribution < -0.4 is 27.4 Å². The zero-order valence-electron chi connectivity index (χ0n) is 21.2. The standard InChI is InChI=1S/C23H39N7O7/c1-13(2)9-18(23(36)37)30-21(34)16(5-3-4-8-24)29-22(35)17(6-7-19(31)32)28-20(33)15(25)10-14-11-26-12-27-14/h11-13,15-18H,3-10,24-25H2,1-2H3,(H,26,27)(H,28,33)(H,29,35)(H,30,34)(H,31,32)(H,36,37). The predicted octanol–water partition coefficient (Wildman–Crippen LogP) is -1.14. The normalized spacial score (nSPS) is 14.3. The van der Waals surface area contributed by atoms with E-state index in [2.05, 4.69) is 25.9 Å². The summed E-state index contributed by atoms with van der Waals surface area (Å²) >= 11 is 0. The van der Waals surface area contributed by atoms with Gasteiger partial charge in [-0.2, -0.15) is 0 Å². The van der Waals surface area contributed by atoms with Gasteiger partial charge in [0.2, 0.25) is 17.7 Å². The minimum absolute atomic E-state index is 0.00624. The minimum atomic E-state index is -1.29. The average molecular weight is 526 g/mol. The molecule has 4 unspecified atom stereocenters. The molecule has 37 heavy (non-hydrogen) atoms. The zero-order valence-corrected chi connectivity index (χ0v) is 21.2. The van der Waals surface area contributed by atoms with E-state index in [0.29, 0.717) is 25.1 Å². The number of carboxylic acids is 2. The molecule has 1 aromatic rings. The Labute approximate surface area is 215 Å². The maximum Gasteiger partial charge on any atom is 0.326 e. The van der Waals surface area contributed by atoms with Crippen LogP contribution in [0.15, 0.2) is 12.5 Å². The van der Waals surface area contributed by atoms with Crippen molar-refractivity contribution in [1.29, 1.82) is 0 Å². The summed E-state index contributed by atoms with van der Waals surface area (Å²) in [7, 11) is 0. The molecule has 0 aromatic carbocycles. The Kier molecular flexibility index (Phi) is 13.9. The molecule has 4 atom stereocenters. The van der Waals surface area contributed by atoms with Crippen molar-refractivity contribution in [2.75, 3.05) is 6.54 Å². The Bertz CT molecular complexity index is 892. The topological polar surface area (TPSA) is 243 Å². The summed E-state index contributed by atoms with van der Waals surface area (Å²) in [5.74, 6) is -4.55. The quantitative estimate of drug-likeness (QED) is 0.107. The van der Waals surface area contributed by atoms with Gasteiger partial charge in [0.05, 0.1) is 12.4 Å². The van der Waals surface area contributed by atoms with Crippen molar-refractivity contribution < 1.29 is 34.2 Å².